The number of ether oxygens (including phenoxy) is 2. The molecule has 0 bridgehead atoms. The molecule has 0 unspecified atom stereocenters. The van der Waals surface area contributed by atoms with Crippen LogP contribution in [0.3, 0.4) is 0 Å². The summed E-state index contributed by atoms with van der Waals surface area (Å²) >= 11 is 0. The van der Waals surface area contributed by atoms with Crippen molar-refractivity contribution in [2.45, 2.75) is 39.3 Å². The molecule has 1 aromatic heterocycles. The minimum Gasteiger partial charge on any atom is -0.490 e. The number of nitriles is 1. The predicted molar refractivity (Wildman–Crippen MR) is 130 cm³/mol. The number of aromatic nitrogens is 2. The number of carbonyl (C=O) groups excluding carboxylic acids is 1. The Hall–Kier alpha value is -4.23. The third-order valence-electron chi connectivity index (χ3n) is 5.58. The van der Waals surface area contributed by atoms with E-state index in [4.69, 9.17) is 23.9 Å². The lowest BCUT2D eigenvalue weighted by atomic mass is 9.94. The number of esters is 1. The van der Waals surface area contributed by atoms with Gasteiger partial charge in [0, 0.05) is 30.8 Å². The predicted octanol–water partition coefficient (Wildman–Crippen LogP) is 3.68. The summed E-state index contributed by atoms with van der Waals surface area (Å²) in [6.45, 7) is 5.85. The Kier molecular flexibility index (Phi) is 9.13. The van der Waals surface area contributed by atoms with E-state index in [1.165, 1.54) is 18.2 Å². The molecule has 2 aromatic carbocycles. The van der Waals surface area contributed by atoms with Gasteiger partial charge in [0.1, 0.15) is 11.8 Å². The van der Waals surface area contributed by atoms with E-state index in [1.54, 1.807) is 12.1 Å². The van der Waals surface area contributed by atoms with Crippen LogP contribution in [0.1, 0.15) is 37.0 Å². The third-order valence-corrected chi connectivity index (χ3v) is 5.58. The van der Waals surface area contributed by atoms with Gasteiger partial charge in [0.2, 0.25) is 5.82 Å². The summed E-state index contributed by atoms with van der Waals surface area (Å²) in [5, 5.41) is 20.6. The van der Waals surface area contributed by atoms with E-state index in [1.807, 2.05) is 32.0 Å². The maximum atomic E-state index is 11.5. The van der Waals surface area contributed by atoms with Gasteiger partial charge in [0.15, 0.2) is 0 Å². The highest BCUT2D eigenvalue weighted by atomic mass is 16.5. The molecule has 0 spiro atoms. The lowest BCUT2D eigenvalue weighted by molar-refractivity contribution is -0.141. The van der Waals surface area contributed by atoms with Crippen molar-refractivity contribution in [3.63, 3.8) is 0 Å². The third kappa shape index (κ3) is 6.46. The topological polar surface area (TPSA) is 139 Å². The van der Waals surface area contributed by atoms with Gasteiger partial charge in [-0.1, -0.05) is 23.4 Å². The molecule has 10 heteroatoms. The number of nitrogens with zero attached hydrogens (tertiary/aromatic N) is 4. The number of benzene rings is 2. The number of rotatable bonds is 7. The highest BCUT2D eigenvalue weighted by Gasteiger charge is 2.22. The fraction of sp³-hybridized carbons (Fsp3) is 0.346. The van der Waals surface area contributed by atoms with Crippen LogP contribution in [0.25, 0.3) is 22.8 Å². The second-order valence-electron chi connectivity index (χ2n) is 8.31. The minimum atomic E-state index is -0.250. The van der Waals surface area contributed by atoms with E-state index in [2.05, 4.69) is 27.2 Å². The lowest BCUT2D eigenvalue weighted by Gasteiger charge is -2.29. The molecule has 0 saturated carbocycles. The highest BCUT2D eigenvalue weighted by molar-refractivity contribution is 5.69. The monoisotopic (exact) mass is 492 g/mol. The first-order valence-corrected chi connectivity index (χ1v) is 11.4. The largest absolute Gasteiger partial charge is 0.490 e. The van der Waals surface area contributed by atoms with Gasteiger partial charge in [-0.05, 0) is 49.6 Å². The number of fused-ring (bicyclic) bond motifs is 1. The van der Waals surface area contributed by atoms with Gasteiger partial charge in [-0.15, -0.1) is 0 Å². The minimum absolute atomic E-state index is 0.0291. The van der Waals surface area contributed by atoms with E-state index in [9.17, 15) is 10.1 Å². The van der Waals surface area contributed by atoms with Gasteiger partial charge in [0.05, 0.1) is 25.2 Å². The molecule has 0 fully saturated rings. The SMILES string of the molecule is COC(=O)CCN1CCc2c(cccc2-c2noc(-c3ccc(OC(C)C)c(C#N)c3)n2)C1.O=CO. The molecule has 1 N–H and O–H groups in total. The van der Waals surface area contributed by atoms with Crippen molar-refractivity contribution in [3.05, 3.63) is 53.1 Å². The van der Waals surface area contributed by atoms with Crippen molar-refractivity contribution in [2.75, 3.05) is 20.2 Å². The number of carboxylic acid groups (broad SMARTS) is 1. The first kappa shape index (κ1) is 26.4. The molecule has 4 rings (SSSR count). The molecule has 36 heavy (non-hydrogen) atoms. The van der Waals surface area contributed by atoms with Crippen LogP contribution in [-0.4, -0.2) is 58.9 Å². The second kappa shape index (κ2) is 12.5. The standard InChI is InChI=1S/C25H26N4O4.CH2O2/c1-16(2)32-22-8-7-17(13-19(22)14-26)25-27-24(28-33-25)21-6-4-5-18-15-29(11-9-20(18)21)12-10-23(30)31-3;2-1-3/h4-8,13,16H,9-12,15H2,1-3H3;1H,(H,2,3). The molecule has 1 aliphatic heterocycles. The van der Waals surface area contributed by atoms with E-state index in [0.717, 1.165) is 25.1 Å². The van der Waals surface area contributed by atoms with Crippen molar-refractivity contribution in [1.29, 1.82) is 5.26 Å². The summed E-state index contributed by atoms with van der Waals surface area (Å²) in [7, 11) is 1.41. The zero-order valence-electron chi connectivity index (χ0n) is 20.4. The zero-order valence-corrected chi connectivity index (χ0v) is 20.4. The molecule has 0 amide bonds. The molecule has 188 valence electrons. The molecule has 3 aromatic rings. The first-order chi connectivity index (χ1) is 17.4. The normalized spacial score (nSPS) is 12.6. The van der Waals surface area contributed by atoms with Gasteiger partial charge in [-0.2, -0.15) is 10.2 Å². The van der Waals surface area contributed by atoms with Gasteiger partial charge in [-0.3, -0.25) is 14.5 Å². The number of hydrogen-bond acceptors (Lipinski definition) is 9. The summed E-state index contributed by atoms with van der Waals surface area (Å²) in [6, 6.07) is 13.5. The van der Waals surface area contributed by atoms with Crippen molar-refractivity contribution in [2.24, 2.45) is 0 Å². The van der Waals surface area contributed by atoms with Crippen LogP contribution < -0.4 is 4.74 Å². The summed E-state index contributed by atoms with van der Waals surface area (Å²) in [5.41, 5.74) is 4.41. The van der Waals surface area contributed by atoms with Crippen LogP contribution in [0.15, 0.2) is 40.9 Å². The first-order valence-electron chi connectivity index (χ1n) is 11.4. The quantitative estimate of drug-likeness (QED) is 0.384. The van der Waals surface area contributed by atoms with Crippen LogP contribution >= 0.6 is 0 Å². The Bertz CT molecular complexity index is 1250. The molecule has 1 aliphatic rings. The van der Waals surface area contributed by atoms with E-state index >= 15 is 0 Å². The molecule has 10 nitrogen and oxygen atoms in total. The summed E-state index contributed by atoms with van der Waals surface area (Å²) in [5.74, 6) is 1.21. The smallest absolute Gasteiger partial charge is 0.306 e. The zero-order chi connectivity index (χ0) is 26.1. The van der Waals surface area contributed by atoms with Crippen LogP contribution in [0.4, 0.5) is 0 Å². The molecular weight excluding hydrogens is 464 g/mol. The van der Waals surface area contributed by atoms with Crippen molar-refractivity contribution >= 4 is 12.4 Å². The summed E-state index contributed by atoms with van der Waals surface area (Å²) < 4.78 is 16.0. The maximum absolute atomic E-state index is 11.5. The van der Waals surface area contributed by atoms with Gasteiger partial charge in [0.25, 0.3) is 12.4 Å². The fourth-order valence-corrected chi connectivity index (χ4v) is 3.98. The summed E-state index contributed by atoms with van der Waals surface area (Å²) in [4.78, 5) is 26.7. The van der Waals surface area contributed by atoms with Gasteiger partial charge < -0.3 is 19.1 Å². The maximum Gasteiger partial charge on any atom is 0.306 e. The number of hydrogen-bond donors (Lipinski definition) is 1. The summed E-state index contributed by atoms with van der Waals surface area (Å²) in [6.07, 6.45) is 1.18. The van der Waals surface area contributed by atoms with E-state index in [-0.39, 0.29) is 18.5 Å². The number of carbonyl (C=O) groups is 2. The Morgan fingerprint density at radius 3 is 2.81 bits per heavy atom. The molecule has 0 radical (unpaired) electrons. The van der Waals surface area contributed by atoms with Crippen molar-refractivity contribution < 1.29 is 28.7 Å². The van der Waals surface area contributed by atoms with E-state index < -0.39 is 0 Å². The molecule has 0 aliphatic carbocycles. The van der Waals surface area contributed by atoms with Crippen molar-refractivity contribution in [3.8, 4) is 34.7 Å². The van der Waals surface area contributed by atoms with Gasteiger partial charge >= 0.3 is 5.97 Å². The van der Waals surface area contributed by atoms with Crippen LogP contribution in [0.2, 0.25) is 0 Å². The Balaban J connectivity index is 0.00000115. The van der Waals surface area contributed by atoms with E-state index in [0.29, 0.717) is 41.6 Å². The van der Waals surface area contributed by atoms with Gasteiger partial charge in [-0.25, -0.2) is 0 Å². The average Bonchev–Trinajstić information content (AvgIpc) is 3.37. The fourth-order valence-electron chi connectivity index (χ4n) is 3.98. The van der Waals surface area contributed by atoms with Crippen LogP contribution in [0, 0.1) is 11.3 Å². The molecule has 0 atom stereocenters. The van der Waals surface area contributed by atoms with Crippen LogP contribution in [0.5, 0.6) is 5.75 Å². The van der Waals surface area contributed by atoms with Crippen molar-refractivity contribution in [1.82, 2.24) is 15.0 Å². The highest BCUT2D eigenvalue weighted by Crippen LogP contribution is 2.31. The number of methoxy groups -OCH3 is 1. The molecule has 0 saturated heterocycles. The Labute approximate surface area is 209 Å². The molecular formula is C26H28N4O6. The molecule has 2 heterocycles. The lowest BCUT2D eigenvalue weighted by Crippen LogP contribution is -2.32. The van der Waals surface area contributed by atoms with Crippen LogP contribution in [-0.2, 0) is 27.3 Å². The Morgan fingerprint density at radius 2 is 2.11 bits per heavy atom. The Morgan fingerprint density at radius 1 is 1.33 bits per heavy atom. The second-order valence-corrected chi connectivity index (χ2v) is 8.31. The average molecular weight is 493 g/mol.